The van der Waals surface area contributed by atoms with Crippen LogP contribution < -0.4 is 10.5 Å². The van der Waals surface area contributed by atoms with Crippen LogP contribution >= 0.6 is 0 Å². The van der Waals surface area contributed by atoms with E-state index in [4.69, 9.17) is 4.74 Å². The molecule has 32 heavy (non-hydrogen) atoms. The Bertz CT molecular complexity index is 1160. The minimum Gasteiger partial charge on any atom is -0.372 e. The summed E-state index contributed by atoms with van der Waals surface area (Å²) in [6, 6.07) is 14.0. The summed E-state index contributed by atoms with van der Waals surface area (Å²) in [5.41, 5.74) is 3.79. The smallest absolute Gasteiger partial charge is 0.261 e. The monoisotopic (exact) mass is 440 g/mol. The number of halogens is 2. The second-order valence-electron chi connectivity index (χ2n) is 8.39. The summed E-state index contributed by atoms with van der Waals surface area (Å²) in [5.74, 6) is 0. The third-order valence-corrected chi connectivity index (χ3v) is 6.40. The minimum atomic E-state index is -2.59. The molecule has 6 nitrogen and oxygen atoms in total. The van der Waals surface area contributed by atoms with Gasteiger partial charge < -0.3 is 9.64 Å². The Kier molecular flexibility index (Phi) is 5.89. The SMILES string of the molecule is O=c1c2ccc(N3CCN(CC4OCCc5ccccc54)CC3)cc2ncn1CC(F)F. The van der Waals surface area contributed by atoms with E-state index in [2.05, 4.69) is 39.0 Å². The molecule has 1 aromatic heterocycles. The minimum absolute atomic E-state index is 0.117. The number of piperazine rings is 1. The molecule has 0 N–H and O–H groups in total. The van der Waals surface area contributed by atoms with Crippen molar-refractivity contribution in [2.75, 3.05) is 44.2 Å². The number of alkyl halides is 2. The molecule has 3 aromatic rings. The molecule has 1 unspecified atom stereocenters. The summed E-state index contributed by atoms with van der Waals surface area (Å²) in [7, 11) is 0. The lowest BCUT2D eigenvalue weighted by Crippen LogP contribution is -2.48. The zero-order chi connectivity index (χ0) is 22.1. The number of anilines is 1. The van der Waals surface area contributed by atoms with Crippen LogP contribution in [0.4, 0.5) is 14.5 Å². The van der Waals surface area contributed by atoms with Crippen LogP contribution in [0.2, 0.25) is 0 Å². The van der Waals surface area contributed by atoms with Gasteiger partial charge in [-0.2, -0.15) is 0 Å². The van der Waals surface area contributed by atoms with Gasteiger partial charge in [-0.3, -0.25) is 14.3 Å². The molecule has 0 bridgehead atoms. The van der Waals surface area contributed by atoms with Gasteiger partial charge in [0.15, 0.2) is 0 Å². The van der Waals surface area contributed by atoms with Crippen molar-refractivity contribution in [1.82, 2.24) is 14.5 Å². The molecule has 0 amide bonds. The molecule has 1 saturated heterocycles. The summed E-state index contributed by atoms with van der Waals surface area (Å²) >= 11 is 0. The highest BCUT2D eigenvalue weighted by molar-refractivity contribution is 5.81. The van der Waals surface area contributed by atoms with Crippen molar-refractivity contribution in [3.63, 3.8) is 0 Å². The van der Waals surface area contributed by atoms with Gasteiger partial charge in [-0.15, -0.1) is 0 Å². The number of nitrogens with zero attached hydrogens (tertiary/aromatic N) is 4. The highest BCUT2D eigenvalue weighted by atomic mass is 19.3. The summed E-state index contributed by atoms with van der Waals surface area (Å²) < 4.78 is 32.3. The Labute approximate surface area is 185 Å². The van der Waals surface area contributed by atoms with E-state index in [1.165, 1.54) is 17.5 Å². The maximum atomic E-state index is 12.7. The fourth-order valence-corrected chi connectivity index (χ4v) is 4.67. The molecule has 3 heterocycles. The highest BCUT2D eigenvalue weighted by Crippen LogP contribution is 2.28. The molecule has 0 radical (unpaired) electrons. The molecule has 8 heteroatoms. The van der Waals surface area contributed by atoms with Gasteiger partial charge in [0.05, 0.1) is 36.5 Å². The molecular formula is C24H26F2N4O2. The van der Waals surface area contributed by atoms with Crippen LogP contribution in [0, 0.1) is 0 Å². The third kappa shape index (κ3) is 4.25. The normalized spacial score (nSPS) is 19.5. The van der Waals surface area contributed by atoms with E-state index >= 15 is 0 Å². The quantitative estimate of drug-likeness (QED) is 0.610. The Morgan fingerprint density at radius 2 is 1.91 bits per heavy atom. The van der Waals surface area contributed by atoms with Crippen molar-refractivity contribution in [1.29, 1.82) is 0 Å². The zero-order valence-corrected chi connectivity index (χ0v) is 17.8. The van der Waals surface area contributed by atoms with Crippen molar-refractivity contribution in [2.24, 2.45) is 0 Å². The first kappa shape index (κ1) is 21.0. The van der Waals surface area contributed by atoms with Gasteiger partial charge in [-0.1, -0.05) is 24.3 Å². The van der Waals surface area contributed by atoms with E-state index in [1.54, 1.807) is 6.07 Å². The van der Waals surface area contributed by atoms with Gasteiger partial charge in [0.2, 0.25) is 0 Å². The predicted octanol–water partition coefficient (Wildman–Crippen LogP) is 3.10. The zero-order valence-electron chi connectivity index (χ0n) is 17.8. The van der Waals surface area contributed by atoms with Crippen molar-refractivity contribution in [3.8, 4) is 0 Å². The second kappa shape index (κ2) is 8.96. The number of hydrogen-bond donors (Lipinski definition) is 0. The number of rotatable bonds is 5. The van der Waals surface area contributed by atoms with Crippen molar-refractivity contribution >= 4 is 16.6 Å². The Balaban J connectivity index is 1.25. The van der Waals surface area contributed by atoms with Gasteiger partial charge in [0, 0.05) is 38.4 Å². The fraction of sp³-hybridized carbons (Fsp3) is 0.417. The first-order valence-electron chi connectivity index (χ1n) is 11.0. The van der Waals surface area contributed by atoms with Crippen LogP contribution in [0.1, 0.15) is 17.2 Å². The van der Waals surface area contributed by atoms with E-state index in [9.17, 15) is 13.6 Å². The molecule has 2 aromatic carbocycles. The maximum Gasteiger partial charge on any atom is 0.261 e. The Hall–Kier alpha value is -2.84. The van der Waals surface area contributed by atoms with E-state index < -0.39 is 18.5 Å². The van der Waals surface area contributed by atoms with Crippen LogP contribution in [0.5, 0.6) is 0 Å². The number of aromatic nitrogens is 2. The van der Waals surface area contributed by atoms with Crippen LogP contribution in [0.15, 0.2) is 53.6 Å². The average molecular weight is 440 g/mol. The molecule has 2 aliphatic heterocycles. The molecule has 1 atom stereocenters. The van der Waals surface area contributed by atoms with Crippen molar-refractivity contribution < 1.29 is 13.5 Å². The molecule has 0 spiro atoms. The summed E-state index contributed by atoms with van der Waals surface area (Å²) in [4.78, 5) is 21.4. The largest absolute Gasteiger partial charge is 0.372 e. The van der Waals surface area contributed by atoms with Gasteiger partial charge in [-0.05, 0) is 35.7 Å². The molecule has 0 aliphatic carbocycles. The van der Waals surface area contributed by atoms with Crippen LogP contribution in [0.3, 0.4) is 0 Å². The number of ether oxygens (including phenoxy) is 1. The first-order valence-corrected chi connectivity index (χ1v) is 11.0. The number of benzene rings is 2. The highest BCUT2D eigenvalue weighted by Gasteiger charge is 2.25. The molecule has 1 fully saturated rings. The summed E-state index contributed by atoms with van der Waals surface area (Å²) in [6.07, 6.45) is -0.286. The van der Waals surface area contributed by atoms with E-state index in [0.29, 0.717) is 10.9 Å². The number of hydrogen-bond acceptors (Lipinski definition) is 5. The Morgan fingerprint density at radius 1 is 1.09 bits per heavy atom. The lowest BCUT2D eigenvalue weighted by molar-refractivity contribution is 0.0148. The van der Waals surface area contributed by atoms with Crippen molar-refractivity contribution in [2.45, 2.75) is 25.5 Å². The van der Waals surface area contributed by atoms with E-state index in [0.717, 1.165) is 56.0 Å². The molecule has 168 valence electrons. The van der Waals surface area contributed by atoms with Crippen molar-refractivity contribution in [3.05, 3.63) is 70.3 Å². The topological polar surface area (TPSA) is 50.6 Å². The fourth-order valence-electron chi connectivity index (χ4n) is 4.67. The van der Waals surface area contributed by atoms with Gasteiger partial charge in [-0.25, -0.2) is 13.8 Å². The second-order valence-corrected chi connectivity index (χ2v) is 8.39. The maximum absolute atomic E-state index is 12.7. The van der Waals surface area contributed by atoms with E-state index in [1.807, 2.05) is 12.1 Å². The standard InChI is InChI=1S/C24H26F2N4O2/c25-23(26)15-30-16-27-21-13-18(5-6-20(21)24(30)31)29-10-8-28(9-11-29)14-22-19-4-2-1-3-17(19)7-12-32-22/h1-6,13,16,22-23H,7-12,14-15H2. The molecule has 2 aliphatic rings. The van der Waals surface area contributed by atoms with Crippen LogP contribution in [-0.4, -0.2) is 60.2 Å². The molecular weight excluding hydrogens is 414 g/mol. The summed E-state index contributed by atoms with van der Waals surface area (Å²) in [6.45, 7) is 4.58. The van der Waals surface area contributed by atoms with Gasteiger partial charge in [0.1, 0.15) is 0 Å². The molecule has 5 rings (SSSR count). The average Bonchev–Trinajstić information content (AvgIpc) is 2.81. The summed E-state index contributed by atoms with van der Waals surface area (Å²) in [5, 5.41) is 0.364. The van der Waals surface area contributed by atoms with Crippen LogP contribution in [-0.2, 0) is 17.7 Å². The lowest BCUT2D eigenvalue weighted by atomic mass is 9.97. The predicted molar refractivity (Wildman–Crippen MR) is 119 cm³/mol. The van der Waals surface area contributed by atoms with Crippen LogP contribution in [0.25, 0.3) is 10.9 Å². The van der Waals surface area contributed by atoms with E-state index in [-0.39, 0.29) is 6.10 Å². The third-order valence-electron chi connectivity index (χ3n) is 6.40. The van der Waals surface area contributed by atoms with Gasteiger partial charge >= 0.3 is 0 Å². The van der Waals surface area contributed by atoms with Gasteiger partial charge in [0.25, 0.3) is 12.0 Å². The number of fused-ring (bicyclic) bond motifs is 2. The molecule has 0 saturated carbocycles. The first-order chi connectivity index (χ1) is 15.6. The Morgan fingerprint density at radius 3 is 2.72 bits per heavy atom. The lowest BCUT2D eigenvalue weighted by Gasteiger charge is -2.38.